The second-order valence-electron chi connectivity index (χ2n) is 5.33. The van der Waals surface area contributed by atoms with E-state index in [4.69, 9.17) is 0 Å². The standard InChI is InChI=1S/C15H17F3N2O3S/c16-15(17,18)14(21)8-9-19-12-4-6-13(7-5-12)24(22,23)20-10-2-1-3-11-20/h4-9,19H,1-3,10-11H2/b9-8+. The Morgan fingerprint density at radius 2 is 1.67 bits per heavy atom. The van der Waals surface area contributed by atoms with Crippen molar-refractivity contribution < 1.29 is 26.4 Å². The monoisotopic (exact) mass is 362 g/mol. The number of anilines is 1. The Morgan fingerprint density at radius 3 is 2.21 bits per heavy atom. The molecule has 0 saturated carbocycles. The lowest BCUT2D eigenvalue weighted by Gasteiger charge is -2.25. The van der Waals surface area contributed by atoms with E-state index < -0.39 is 22.0 Å². The molecule has 0 bridgehead atoms. The van der Waals surface area contributed by atoms with Crippen LogP contribution in [0.2, 0.25) is 0 Å². The summed E-state index contributed by atoms with van der Waals surface area (Å²) in [5.74, 6) is -1.97. The number of nitrogens with zero attached hydrogens (tertiary/aromatic N) is 1. The lowest BCUT2D eigenvalue weighted by atomic mass is 10.2. The van der Waals surface area contributed by atoms with Gasteiger partial charge in [-0.25, -0.2) is 8.42 Å². The van der Waals surface area contributed by atoms with E-state index >= 15 is 0 Å². The molecule has 0 radical (unpaired) electrons. The Balaban J connectivity index is 2.02. The molecule has 0 amide bonds. The summed E-state index contributed by atoms with van der Waals surface area (Å²) in [7, 11) is -3.55. The normalized spacial score (nSPS) is 17.1. The zero-order valence-corrected chi connectivity index (χ0v) is 13.5. The van der Waals surface area contributed by atoms with Crippen molar-refractivity contribution in [2.24, 2.45) is 0 Å². The van der Waals surface area contributed by atoms with Crippen LogP contribution in [-0.2, 0) is 14.8 Å². The topological polar surface area (TPSA) is 66.5 Å². The van der Waals surface area contributed by atoms with Gasteiger partial charge >= 0.3 is 6.18 Å². The van der Waals surface area contributed by atoms with Gasteiger partial charge in [-0.1, -0.05) is 6.42 Å². The molecule has 0 aliphatic carbocycles. The number of ketones is 1. The molecule has 0 aromatic heterocycles. The van der Waals surface area contributed by atoms with Crippen LogP contribution in [-0.4, -0.2) is 37.8 Å². The Bertz CT molecular complexity index is 706. The summed E-state index contributed by atoms with van der Waals surface area (Å²) in [6, 6.07) is 5.62. The van der Waals surface area contributed by atoms with E-state index in [1.807, 2.05) is 0 Å². The zero-order valence-electron chi connectivity index (χ0n) is 12.7. The second kappa shape index (κ2) is 7.35. The first-order valence-electron chi connectivity index (χ1n) is 7.36. The molecule has 24 heavy (non-hydrogen) atoms. The smallest absolute Gasteiger partial charge is 0.362 e. The Morgan fingerprint density at radius 1 is 1.08 bits per heavy atom. The third-order valence-electron chi connectivity index (χ3n) is 3.57. The summed E-state index contributed by atoms with van der Waals surface area (Å²) < 4.78 is 62.4. The number of carbonyl (C=O) groups is 1. The van der Waals surface area contributed by atoms with Crippen molar-refractivity contribution in [2.75, 3.05) is 18.4 Å². The van der Waals surface area contributed by atoms with Crippen LogP contribution in [0.5, 0.6) is 0 Å². The van der Waals surface area contributed by atoms with Gasteiger partial charge in [-0.05, 0) is 37.1 Å². The average molecular weight is 362 g/mol. The van der Waals surface area contributed by atoms with Crippen molar-refractivity contribution in [1.29, 1.82) is 0 Å². The third kappa shape index (κ3) is 4.57. The quantitative estimate of drug-likeness (QED) is 0.818. The lowest BCUT2D eigenvalue weighted by Crippen LogP contribution is -2.35. The maximum atomic E-state index is 12.4. The van der Waals surface area contributed by atoms with Crippen LogP contribution in [0, 0.1) is 0 Å². The molecule has 2 rings (SSSR count). The van der Waals surface area contributed by atoms with Gasteiger partial charge in [0.2, 0.25) is 10.0 Å². The minimum Gasteiger partial charge on any atom is -0.362 e. The van der Waals surface area contributed by atoms with Crippen LogP contribution < -0.4 is 5.32 Å². The fraction of sp³-hybridized carbons (Fsp3) is 0.400. The lowest BCUT2D eigenvalue weighted by molar-refractivity contribution is -0.165. The van der Waals surface area contributed by atoms with Gasteiger partial charge in [0.15, 0.2) is 0 Å². The van der Waals surface area contributed by atoms with Gasteiger partial charge in [-0.3, -0.25) is 4.79 Å². The number of rotatable bonds is 5. The molecule has 1 aliphatic heterocycles. The number of carbonyl (C=O) groups excluding carboxylic acids is 1. The fourth-order valence-corrected chi connectivity index (χ4v) is 3.80. The molecule has 1 fully saturated rings. The first kappa shape index (κ1) is 18.5. The maximum absolute atomic E-state index is 12.4. The number of piperidine rings is 1. The molecule has 9 heteroatoms. The summed E-state index contributed by atoms with van der Waals surface area (Å²) in [6.07, 6.45) is -1.00. The van der Waals surface area contributed by atoms with Crippen LogP contribution in [0.1, 0.15) is 19.3 Å². The van der Waals surface area contributed by atoms with Crippen molar-refractivity contribution in [3.8, 4) is 0 Å². The van der Waals surface area contributed by atoms with E-state index in [0.29, 0.717) is 24.9 Å². The van der Waals surface area contributed by atoms with Crippen LogP contribution in [0.3, 0.4) is 0 Å². The summed E-state index contributed by atoms with van der Waals surface area (Å²) in [4.78, 5) is 10.8. The zero-order chi connectivity index (χ0) is 17.8. The van der Waals surface area contributed by atoms with E-state index in [1.165, 1.54) is 28.6 Å². The number of hydrogen-bond acceptors (Lipinski definition) is 4. The van der Waals surface area contributed by atoms with Crippen LogP contribution in [0.4, 0.5) is 18.9 Å². The number of alkyl halides is 3. The highest BCUT2D eigenvalue weighted by Crippen LogP contribution is 2.22. The van der Waals surface area contributed by atoms with Gasteiger partial charge in [-0.15, -0.1) is 0 Å². The predicted molar refractivity (Wildman–Crippen MR) is 82.9 cm³/mol. The number of sulfonamides is 1. The Hall–Kier alpha value is -1.87. The van der Waals surface area contributed by atoms with E-state index in [2.05, 4.69) is 5.32 Å². The van der Waals surface area contributed by atoms with E-state index in [-0.39, 0.29) is 4.90 Å². The number of benzene rings is 1. The Kier molecular flexibility index (Phi) is 5.66. The average Bonchev–Trinajstić information content (AvgIpc) is 2.55. The SMILES string of the molecule is O=C(/C=C/Nc1ccc(S(=O)(=O)N2CCCCC2)cc1)C(F)(F)F. The highest BCUT2D eigenvalue weighted by Gasteiger charge is 2.36. The van der Waals surface area contributed by atoms with Crippen LogP contribution >= 0.6 is 0 Å². The molecule has 0 atom stereocenters. The maximum Gasteiger partial charge on any atom is 0.454 e. The largest absolute Gasteiger partial charge is 0.454 e. The molecule has 1 heterocycles. The summed E-state index contributed by atoms with van der Waals surface area (Å²) >= 11 is 0. The number of allylic oxidation sites excluding steroid dienone is 1. The van der Waals surface area contributed by atoms with Gasteiger partial charge in [0.25, 0.3) is 5.78 Å². The molecule has 1 saturated heterocycles. The van der Waals surface area contributed by atoms with Gasteiger partial charge in [-0.2, -0.15) is 17.5 Å². The molecule has 5 nitrogen and oxygen atoms in total. The highest BCUT2D eigenvalue weighted by molar-refractivity contribution is 7.89. The van der Waals surface area contributed by atoms with Gasteiger partial charge in [0, 0.05) is 31.1 Å². The van der Waals surface area contributed by atoms with E-state index in [1.54, 1.807) is 0 Å². The molecule has 0 spiro atoms. The molecule has 1 aromatic carbocycles. The highest BCUT2D eigenvalue weighted by atomic mass is 32.2. The van der Waals surface area contributed by atoms with Crippen molar-refractivity contribution in [3.05, 3.63) is 36.5 Å². The molecule has 132 valence electrons. The predicted octanol–water partition coefficient (Wildman–Crippen LogP) is 2.92. The van der Waals surface area contributed by atoms with E-state index in [0.717, 1.165) is 25.5 Å². The fourth-order valence-electron chi connectivity index (χ4n) is 2.29. The minimum atomic E-state index is -4.91. The minimum absolute atomic E-state index is 0.130. The van der Waals surface area contributed by atoms with Crippen molar-refractivity contribution in [1.82, 2.24) is 4.31 Å². The van der Waals surface area contributed by atoms with Crippen molar-refractivity contribution in [3.63, 3.8) is 0 Å². The van der Waals surface area contributed by atoms with Gasteiger partial charge in [0.05, 0.1) is 4.90 Å². The number of halogens is 3. The number of hydrogen-bond donors (Lipinski definition) is 1. The Labute approximate surface area is 138 Å². The molecular formula is C15H17F3N2O3S. The third-order valence-corrected chi connectivity index (χ3v) is 5.48. The molecule has 1 aliphatic rings. The molecule has 1 N–H and O–H groups in total. The van der Waals surface area contributed by atoms with Gasteiger partial charge < -0.3 is 5.32 Å². The molecular weight excluding hydrogens is 345 g/mol. The van der Waals surface area contributed by atoms with E-state index in [9.17, 15) is 26.4 Å². The second-order valence-corrected chi connectivity index (χ2v) is 7.27. The number of nitrogens with one attached hydrogen (secondary N) is 1. The molecule has 0 unspecified atom stereocenters. The molecule has 1 aromatic rings. The van der Waals surface area contributed by atoms with Crippen molar-refractivity contribution in [2.45, 2.75) is 30.3 Å². The van der Waals surface area contributed by atoms with Crippen molar-refractivity contribution >= 4 is 21.5 Å². The van der Waals surface area contributed by atoms with Gasteiger partial charge in [0.1, 0.15) is 0 Å². The summed E-state index contributed by atoms with van der Waals surface area (Å²) in [5, 5.41) is 2.50. The summed E-state index contributed by atoms with van der Waals surface area (Å²) in [6.45, 7) is 0.981. The van der Waals surface area contributed by atoms with Crippen LogP contribution in [0.15, 0.2) is 41.4 Å². The first-order valence-corrected chi connectivity index (χ1v) is 8.80. The first-order chi connectivity index (χ1) is 11.2. The van der Waals surface area contributed by atoms with Crippen LogP contribution in [0.25, 0.3) is 0 Å². The summed E-state index contributed by atoms with van der Waals surface area (Å²) in [5.41, 5.74) is 0.374.